The minimum atomic E-state index is -0.799. The summed E-state index contributed by atoms with van der Waals surface area (Å²) in [6.07, 6.45) is -0.818. The fourth-order valence-corrected chi connectivity index (χ4v) is 4.11. The second-order valence-electron chi connectivity index (χ2n) is 8.55. The van der Waals surface area contributed by atoms with Crippen LogP contribution in [0.2, 0.25) is 0 Å². The molecule has 0 aliphatic carbocycles. The lowest BCUT2D eigenvalue weighted by molar-refractivity contribution is -0.259. The number of hydrogen-bond donors (Lipinski definition) is 0. The van der Waals surface area contributed by atoms with Gasteiger partial charge in [-0.25, -0.2) is 0 Å². The number of carbonyl (C=O) groups excluding carboxylic acids is 1. The van der Waals surface area contributed by atoms with Gasteiger partial charge in [0.2, 0.25) is 0 Å². The van der Waals surface area contributed by atoms with Gasteiger partial charge in [-0.05, 0) is 18.1 Å². The molecule has 2 saturated heterocycles. The van der Waals surface area contributed by atoms with Crippen molar-refractivity contribution in [2.24, 2.45) is 5.41 Å². The van der Waals surface area contributed by atoms with E-state index in [1.54, 1.807) is 0 Å². The number of carbonyl (C=O) groups is 1. The molecule has 0 saturated carbocycles. The largest absolute Gasteiger partial charge is 0.341 e. The Morgan fingerprint density at radius 3 is 1.96 bits per heavy atom. The van der Waals surface area contributed by atoms with Gasteiger partial charge in [-0.2, -0.15) is 0 Å². The number of benzene rings is 2. The molecule has 0 N–H and O–H groups in total. The minimum absolute atomic E-state index is 0.00224. The minimum Gasteiger partial charge on any atom is -0.341 e. The number of nitrogens with zero attached hydrogens (tertiary/aromatic N) is 1. The van der Waals surface area contributed by atoms with Crippen LogP contribution in [0.1, 0.15) is 44.9 Å². The molecule has 0 spiro atoms. The Hall–Kier alpha value is -2.17. The van der Waals surface area contributed by atoms with Crippen LogP contribution < -0.4 is 0 Å². The number of fused-ring (bicyclic) bond motifs is 2. The van der Waals surface area contributed by atoms with E-state index in [9.17, 15) is 4.79 Å². The maximum atomic E-state index is 13.4. The molecule has 2 fully saturated rings. The molecule has 0 unspecified atom stereocenters. The molecule has 4 rings (SSSR count). The van der Waals surface area contributed by atoms with Crippen LogP contribution in [0.5, 0.6) is 0 Å². The molecule has 2 heterocycles. The quantitative estimate of drug-likeness (QED) is 0.820. The van der Waals surface area contributed by atoms with Gasteiger partial charge in [0.25, 0.3) is 5.91 Å². The van der Waals surface area contributed by atoms with Crippen molar-refractivity contribution < 1.29 is 14.3 Å². The molecule has 2 aliphatic rings. The second kappa shape index (κ2) is 6.47. The van der Waals surface area contributed by atoms with Crippen LogP contribution in [0.3, 0.4) is 0 Å². The summed E-state index contributed by atoms with van der Waals surface area (Å²) in [5.74, 6) is -0.801. The SMILES string of the molecule is C[C@@H]1O[C@@]2(C(C)(C)C)CN(C(c3ccccc3)c3ccccc3)C(=O)[C@@H]1O2. The zero-order chi connectivity index (χ0) is 19.2. The highest BCUT2D eigenvalue weighted by atomic mass is 16.8. The molecule has 2 aliphatic heterocycles. The lowest BCUT2D eigenvalue weighted by Gasteiger charge is -2.47. The highest BCUT2D eigenvalue weighted by molar-refractivity contribution is 5.84. The molecular weight excluding hydrogens is 338 g/mol. The van der Waals surface area contributed by atoms with E-state index in [4.69, 9.17) is 9.47 Å². The average Bonchev–Trinajstić information content (AvgIpc) is 2.95. The van der Waals surface area contributed by atoms with Gasteiger partial charge in [0.1, 0.15) is 0 Å². The normalized spacial score (nSPS) is 28.0. The van der Waals surface area contributed by atoms with Crippen LogP contribution in [0, 0.1) is 5.41 Å². The first-order valence-corrected chi connectivity index (χ1v) is 9.58. The molecule has 1 amide bonds. The molecule has 0 aromatic heterocycles. The predicted molar refractivity (Wildman–Crippen MR) is 104 cm³/mol. The van der Waals surface area contributed by atoms with Gasteiger partial charge in [-0.15, -0.1) is 0 Å². The van der Waals surface area contributed by atoms with Crippen molar-refractivity contribution in [2.45, 2.75) is 51.7 Å². The molecule has 4 heteroatoms. The van der Waals surface area contributed by atoms with E-state index in [1.165, 1.54) is 0 Å². The number of morpholine rings is 1. The van der Waals surface area contributed by atoms with Gasteiger partial charge in [-0.1, -0.05) is 81.4 Å². The smallest absolute Gasteiger partial charge is 0.255 e. The highest BCUT2D eigenvalue weighted by Crippen LogP contribution is 2.48. The summed E-state index contributed by atoms with van der Waals surface area (Å²) in [4.78, 5) is 15.3. The van der Waals surface area contributed by atoms with Crippen LogP contribution in [0.25, 0.3) is 0 Å². The Bertz CT molecular complexity index is 775. The lowest BCUT2D eigenvalue weighted by Crippen LogP contribution is -2.60. The topological polar surface area (TPSA) is 38.8 Å². The van der Waals surface area contributed by atoms with Gasteiger partial charge >= 0.3 is 0 Å². The average molecular weight is 365 g/mol. The van der Waals surface area contributed by atoms with Crippen molar-refractivity contribution in [3.05, 3.63) is 71.8 Å². The third-order valence-electron chi connectivity index (χ3n) is 5.71. The zero-order valence-electron chi connectivity index (χ0n) is 16.4. The van der Waals surface area contributed by atoms with Crippen LogP contribution in [-0.4, -0.2) is 35.3 Å². The second-order valence-corrected chi connectivity index (χ2v) is 8.55. The Kier molecular flexibility index (Phi) is 4.36. The first kappa shape index (κ1) is 18.2. The highest BCUT2D eigenvalue weighted by Gasteiger charge is 2.61. The van der Waals surface area contributed by atoms with E-state index in [-0.39, 0.29) is 23.5 Å². The zero-order valence-corrected chi connectivity index (χ0v) is 16.4. The maximum Gasteiger partial charge on any atom is 0.255 e. The van der Waals surface area contributed by atoms with E-state index < -0.39 is 11.9 Å². The van der Waals surface area contributed by atoms with Crippen molar-refractivity contribution in [3.8, 4) is 0 Å². The first-order chi connectivity index (χ1) is 12.8. The molecule has 2 bridgehead atoms. The molecule has 4 nitrogen and oxygen atoms in total. The van der Waals surface area contributed by atoms with E-state index in [1.807, 2.05) is 48.2 Å². The van der Waals surface area contributed by atoms with Gasteiger partial charge < -0.3 is 14.4 Å². The number of rotatable bonds is 3. The van der Waals surface area contributed by atoms with Crippen molar-refractivity contribution in [3.63, 3.8) is 0 Å². The van der Waals surface area contributed by atoms with Crippen LogP contribution in [0.4, 0.5) is 0 Å². The van der Waals surface area contributed by atoms with E-state index >= 15 is 0 Å². The fraction of sp³-hybridized carbons (Fsp3) is 0.435. The summed E-state index contributed by atoms with van der Waals surface area (Å²) >= 11 is 0. The van der Waals surface area contributed by atoms with Crippen LogP contribution in [0.15, 0.2) is 60.7 Å². The first-order valence-electron chi connectivity index (χ1n) is 9.58. The number of hydrogen-bond acceptors (Lipinski definition) is 3. The molecule has 27 heavy (non-hydrogen) atoms. The Balaban J connectivity index is 1.82. The fourth-order valence-electron chi connectivity index (χ4n) is 4.11. The standard InChI is InChI=1S/C23H27NO3/c1-16-20-21(25)24(15-23(26-16,27-20)22(2,3)4)19(17-11-7-5-8-12-17)18-13-9-6-10-14-18/h5-14,16,19-20H,15H2,1-4H3/t16-,20+,23-/m0/s1. The third-order valence-corrected chi connectivity index (χ3v) is 5.71. The van der Waals surface area contributed by atoms with Crippen molar-refractivity contribution in [1.29, 1.82) is 0 Å². The van der Waals surface area contributed by atoms with Crippen LogP contribution in [-0.2, 0) is 14.3 Å². The number of amides is 1. The molecular formula is C23H27NO3. The van der Waals surface area contributed by atoms with E-state index in [0.29, 0.717) is 6.54 Å². The van der Waals surface area contributed by atoms with E-state index in [2.05, 4.69) is 45.0 Å². The monoisotopic (exact) mass is 365 g/mol. The summed E-state index contributed by atoms with van der Waals surface area (Å²) in [7, 11) is 0. The van der Waals surface area contributed by atoms with Gasteiger partial charge in [0.05, 0.1) is 18.7 Å². The third kappa shape index (κ3) is 2.97. The van der Waals surface area contributed by atoms with Crippen LogP contribution >= 0.6 is 0 Å². The summed E-state index contributed by atoms with van der Waals surface area (Å²) in [5.41, 5.74) is 1.93. The molecule has 0 radical (unpaired) electrons. The lowest BCUT2D eigenvalue weighted by atomic mass is 9.83. The molecule has 3 atom stereocenters. The number of ether oxygens (including phenoxy) is 2. The van der Waals surface area contributed by atoms with Gasteiger partial charge in [-0.3, -0.25) is 4.79 Å². The van der Waals surface area contributed by atoms with Crippen molar-refractivity contribution in [2.75, 3.05) is 6.54 Å². The van der Waals surface area contributed by atoms with Crippen molar-refractivity contribution >= 4 is 5.91 Å². The summed E-state index contributed by atoms with van der Waals surface area (Å²) < 4.78 is 12.5. The summed E-state index contributed by atoms with van der Waals surface area (Å²) in [6, 6.07) is 20.2. The predicted octanol–water partition coefficient (Wildman–Crippen LogP) is 4.16. The summed E-state index contributed by atoms with van der Waals surface area (Å²) in [6.45, 7) is 8.66. The van der Waals surface area contributed by atoms with Crippen molar-refractivity contribution in [1.82, 2.24) is 4.90 Å². The molecule has 2 aromatic carbocycles. The molecule has 2 aromatic rings. The van der Waals surface area contributed by atoms with Gasteiger partial charge in [0.15, 0.2) is 11.9 Å². The Labute approximate surface area is 161 Å². The molecule has 142 valence electrons. The summed E-state index contributed by atoms with van der Waals surface area (Å²) in [5, 5.41) is 0. The van der Waals surface area contributed by atoms with Gasteiger partial charge in [0, 0.05) is 5.41 Å². The Morgan fingerprint density at radius 2 is 1.48 bits per heavy atom. The Morgan fingerprint density at radius 1 is 0.963 bits per heavy atom. The maximum absolute atomic E-state index is 13.4. The van der Waals surface area contributed by atoms with E-state index in [0.717, 1.165) is 11.1 Å².